The molecule has 1 atom stereocenters. The number of benzene rings is 2. The molecule has 1 amide bonds. The highest BCUT2D eigenvalue weighted by Gasteiger charge is 2.35. The van der Waals surface area contributed by atoms with Crippen molar-refractivity contribution < 1.29 is 9.90 Å². The van der Waals surface area contributed by atoms with E-state index in [0.29, 0.717) is 42.9 Å². The summed E-state index contributed by atoms with van der Waals surface area (Å²) in [5.41, 5.74) is 4.63. The summed E-state index contributed by atoms with van der Waals surface area (Å²) in [4.78, 5) is 27.1. The summed E-state index contributed by atoms with van der Waals surface area (Å²) in [6.07, 6.45) is 8.33. The Morgan fingerprint density at radius 2 is 1.75 bits per heavy atom. The van der Waals surface area contributed by atoms with Crippen LogP contribution in [0, 0.1) is 0 Å². The molecular formula is C35H35ClN6O2. The molecule has 0 aliphatic carbocycles. The van der Waals surface area contributed by atoms with Gasteiger partial charge in [0.2, 0.25) is 0 Å². The van der Waals surface area contributed by atoms with Crippen LogP contribution in [0.2, 0.25) is 5.02 Å². The van der Waals surface area contributed by atoms with Gasteiger partial charge < -0.3 is 14.9 Å². The van der Waals surface area contributed by atoms with E-state index in [0.717, 1.165) is 59.8 Å². The molecule has 9 heteroatoms. The summed E-state index contributed by atoms with van der Waals surface area (Å²) in [5.74, 6) is 0.802. The minimum absolute atomic E-state index is 0.0787. The first-order valence-electron chi connectivity index (χ1n) is 15.3. The molecule has 0 radical (unpaired) electrons. The number of hydrogen-bond donors (Lipinski definition) is 1. The second kappa shape index (κ2) is 12.0. The molecule has 0 saturated carbocycles. The van der Waals surface area contributed by atoms with E-state index in [2.05, 4.69) is 16.0 Å². The first-order valence-corrected chi connectivity index (χ1v) is 15.7. The summed E-state index contributed by atoms with van der Waals surface area (Å²) in [5, 5.41) is 16.8. The monoisotopic (exact) mass is 606 g/mol. The molecule has 1 unspecified atom stereocenters. The van der Waals surface area contributed by atoms with Crippen LogP contribution >= 0.6 is 11.6 Å². The van der Waals surface area contributed by atoms with Crippen LogP contribution in [0.3, 0.4) is 0 Å². The molecule has 2 fully saturated rings. The maximum Gasteiger partial charge on any atom is 0.254 e. The van der Waals surface area contributed by atoms with Gasteiger partial charge in [-0.1, -0.05) is 41.9 Å². The SMILES string of the molecule is O=C(c1ccc(Cc2nc3c(N4CCC(O)(c5ccc(Cl)cc5)CC4)cccn3n2)cc1)N1CCCC1Cc1ccccn1. The molecule has 2 aromatic carbocycles. The van der Waals surface area contributed by atoms with Crippen molar-refractivity contribution in [1.29, 1.82) is 0 Å². The highest BCUT2D eigenvalue weighted by atomic mass is 35.5. The van der Waals surface area contributed by atoms with Gasteiger partial charge in [-0.25, -0.2) is 9.50 Å². The Labute approximate surface area is 261 Å². The molecule has 8 nitrogen and oxygen atoms in total. The Bertz CT molecular complexity index is 1750. The summed E-state index contributed by atoms with van der Waals surface area (Å²) >= 11 is 6.06. The van der Waals surface area contributed by atoms with E-state index >= 15 is 0 Å². The van der Waals surface area contributed by atoms with Crippen molar-refractivity contribution in [3.8, 4) is 0 Å². The Morgan fingerprint density at radius 3 is 2.50 bits per heavy atom. The quantitative estimate of drug-likeness (QED) is 0.256. The molecule has 44 heavy (non-hydrogen) atoms. The molecule has 5 heterocycles. The van der Waals surface area contributed by atoms with Crippen LogP contribution in [0.25, 0.3) is 5.65 Å². The van der Waals surface area contributed by atoms with E-state index in [4.69, 9.17) is 21.7 Å². The van der Waals surface area contributed by atoms with E-state index < -0.39 is 5.60 Å². The number of likely N-dealkylation sites (tertiary alicyclic amines) is 1. The second-order valence-electron chi connectivity index (χ2n) is 11.9. The molecule has 2 aliphatic heterocycles. The Kier molecular flexibility index (Phi) is 7.78. The van der Waals surface area contributed by atoms with Crippen LogP contribution in [0.4, 0.5) is 5.69 Å². The maximum absolute atomic E-state index is 13.4. The number of halogens is 1. The molecule has 7 rings (SSSR count). The number of pyridine rings is 2. The fraction of sp³-hybridized carbons (Fsp3) is 0.314. The normalized spacial score (nSPS) is 18.2. The van der Waals surface area contributed by atoms with Gasteiger partial charge in [-0.15, -0.1) is 0 Å². The number of anilines is 1. The van der Waals surface area contributed by atoms with E-state index in [1.807, 2.05) is 94.6 Å². The fourth-order valence-electron chi connectivity index (χ4n) is 6.61. The summed E-state index contributed by atoms with van der Waals surface area (Å²) in [6.45, 7) is 2.19. The van der Waals surface area contributed by atoms with Crippen LogP contribution in [-0.4, -0.2) is 61.2 Å². The first kappa shape index (κ1) is 28.5. The van der Waals surface area contributed by atoms with Gasteiger partial charge in [0.15, 0.2) is 11.5 Å². The molecule has 1 N–H and O–H groups in total. The van der Waals surface area contributed by atoms with E-state index in [1.165, 1.54) is 0 Å². The summed E-state index contributed by atoms with van der Waals surface area (Å²) in [7, 11) is 0. The lowest BCUT2D eigenvalue weighted by atomic mass is 9.84. The molecule has 2 saturated heterocycles. The number of piperidine rings is 1. The van der Waals surface area contributed by atoms with Crippen molar-refractivity contribution in [1.82, 2.24) is 24.5 Å². The lowest BCUT2D eigenvalue weighted by molar-refractivity contribution is 0.0118. The van der Waals surface area contributed by atoms with Gasteiger partial charge >= 0.3 is 0 Å². The van der Waals surface area contributed by atoms with Crippen molar-refractivity contribution in [3.05, 3.63) is 124 Å². The molecule has 3 aromatic heterocycles. The van der Waals surface area contributed by atoms with Gasteiger partial charge in [-0.3, -0.25) is 9.78 Å². The third kappa shape index (κ3) is 5.79. The van der Waals surface area contributed by atoms with Crippen molar-refractivity contribution in [2.45, 2.75) is 50.2 Å². The van der Waals surface area contributed by atoms with Crippen LogP contribution in [0.5, 0.6) is 0 Å². The molecular weight excluding hydrogens is 572 g/mol. The van der Waals surface area contributed by atoms with Crippen molar-refractivity contribution >= 4 is 28.8 Å². The summed E-state index contributed by atoms with van der Waals surface area (Å²) in [6, 6.07) is 25.5. The van der Waals surface area contributed by atoms with Crippen molar-refractivity contribution in [3.63, 3.8) is 0 Å². The van der Waals surface area contributed by atoms with E-state index in [-0.39, 0.29) is 11.9 Å². The van der Waals surface area contributed by atoms with E-state index in [9.17, 15) is 9.90 Å². The number of carbonyl (C=O) groups is 1. The average Bonchev–Trinajstić information content (AvgIpc) is 3.69. The van der Waals surface area contributed by atoms with Crippen LogP contribution in [-0.2, 0) is 18.4 Å². The molecule has 5 aromatic rings. The Balaban J connectivity index is 1.02. The third-order valence-corrected chi connectivity index (χ3v) is 9.32. The number of hydrogen-bond acceptors (Lipinski definition) is 6. The topological polar surface area (TPSA) is 86.9 Å². The number of rotatable bonds is 7. The number of amides is 1. The average molecular weight is 607 g/mol. The first-order chi connectivity index (χ1) is 21.4. The van der Waals surface area contributed by atoms with Gasteiger partial charge in [-0.05, 0) is 85.3 Å². The Hall–Kier alpha value is -4.27. The maximum atomic E-state index is 13.4. The Morgan fingerprint density at radius 1 is 0.955 bits per heavy atom. The molecule has 224 valence electrons. The van der Waals surface area contributed by atoms with Crippen LogP contribution < -0.4 is 4.90 Å². The predicted octanol–water partition coefficient (Wildman–Crippen LogP) is 5.70. The fourth-order valence-corrected chi connectivity index (χ4v) is 6.74. The lowest BCUT2D eigenvalue weighted by Crippen LogP contribution is -2.42. The number of carbonyl (C=O) groups excluding carboxylic acids is 1. The number of aliphatic hydroxyl groups is 1. The minimum Gasteiger partial charge on any atom is -0.385 e. The number of nitrogens with zero attached hydrogens (tertiary/aromatic N) is 6. The molecule has 2 aliphatic rings. The lowest BCUT2D eigenvalue weighted by Gasteiger charge is -2.39. The molecule has 0 bridgehead atoms. The standard InChI is InChI=1S/C35H35ClN6O2/c36-28-14-12-27(13-15-28)35(44)16-21-40(22-17-35)31-7-4-20-42-33(31)38-32(39-42)23-25-8-10-26(11-9-25)34(43)41-19-3-6-30(41)24-29-5-1-2-18-37-29/h1-2,4-5,7-15,18,20,30,44H,3,6,16-17,19,21-24H2. The van der Waals surface area contributed by atoms with Crippen molar-refractivity contribution in [2.24, 2.45) is 0 Å². The van der Waals surface area contributed by atoms with Crippen LogP contribution in [0.1, 0.15) is 58.7 Å². The van der Waals surface area contributed by atoms with Gasteiger partial charge in [0.1, 0.15) is 0 Å². The van der Waals surface area contributed by atoms with E-state index in [1.54, 1.807) is 0 Å². The zero-order valence-electron chi connectivity index (χ0n) is 24.5. The van der Waals surface area contributed by atoms with Crippen LogP contribution in [0.15, 0.2) is 91.3 Å². The smallest absolute Gasteiger partial charge is 0.254 e. The second-order valence-corrected chi connectivity index (χ2v) is 12.3. The van der Waals surface area contributed by atoms with Crippen molar-refractivity contribution in [2.75, 3.05) is 24.5 Å². The molecule has 0 spiro atoms. The highest BCUT2D eigenvalue weighted by molar-refractivity contribution is 6.30. The largest absolute Gasteiger partial charge is 0.385 e. The van der Waals surface area contributed by atoms with Gasteiger partial charge in [0.25, 0.3) is 5.91 Å². The zero-order valence-corrected chi connectivity index (χ0v) is 25.3. The van der Waals surface area contributed by atoms with Gasteiger partial charge in [-0.2, -0.15) is 5.10 Å². The van der Waals surface area contributed by atoms with Gasteiger partial charge in [0.05, 0.1) is 11.3 Å². The third-order valence-electron chi connectivity index (χ3n) is 9.07. The predicted molar refractivity (Wildman–Crippen MR) is 171 cm³/mol. The zero-order chi connectivity index (χ0) is 30.1. The highest BCUT2D eigenvalue weighted by Crippen LogP contribution is 2.36. The number of aromatic nitrogens is 4. The number of fused-ring (bicyclic) bond motifs is 1. The minimum atomic E-state index is -0.868. The summed E-state index contributed by atoms with van der Waals surface area (Å²) < 4.78 is 1.83. The van der Waals surface area contributed by atoms with Gasteiger partial charge in [0, 0.05) is 67.2 Å².